The van der Waals surface area contributed by atoms with Crippen LogP contribution in [0.15, 0.2) is 0 Å². The number of esters is 1. The van der Waals surface area contributed by atoms with Crippen LogP contribution in [0.4, 0.5) is 0 Å². The highest BCUT2D eigenvalue weighted by Crippen LogP contribution is 1.95. The quantitative estimate of drug-likeness (QED) is 0.348. The summed E-state index contributed by atoms with van der Waals surface area (Å²) in [4.78, 5) is 21.5. The number of carbonyl (C=O) groups excluding carboxylic acids is 2. The van der Waals surface area contributed by atoms with Crippen molar-refractivity contribution in [2.45, 2.75) is 39.5 Å². The molecule has 0 aliphatic rings. The third-order valence-corrected chi connectivity index (χ3v) is 1.53. The summed E-state index contributed by atoms with van der Waals surface area (Å²) in [5.41, 5.74) is 0. The minimum atomic E-state index is -0.686. The zero-order valence-corrected chi connectivity index (χ0v) is 7.76. The Morgan fingerprint density at radius 3 is 2.33 bits per heavy atom. The first-order valence-corrected chi connectivity index (χ1v) is 4.42. The molecule has 0 bridgehead atoms. The van der Waals surface area contributed by atoms with Crippen LogP contribution < -0.4 is 0 Å². The Morgan fingerprint density at radius 2 is 1.83 bits per heavy atom. The van der Waals surface area contributed by atoms with Gasteiger partial charge in [-0.1, -0.05) is 26.7 Å². The lowest BCUT2D eigenvalue weighted by molar-refractivity contribution is -0.153. The lowest BCUT2D eigenvalue weighted by Crippen LogP contribution is -2.16. The van der Waals surface area contributed by atoms with Crippen LogP contribution in [0.2, 0.25) is 0 Å². The van der Waals surface area contributed by atoms with Gasteiger partial charge in [0.15, 0.2) is 0 Å². The number of hydrogen-bond donors (Lipinski definition) is 0. The Morgan fingerprint density at radius 1 is 1.17 bits per heavy atom. The first kappa shape index (κ1) is 11.1. The molecule has 0 atom stereocenters. The highest BCUT2D eigenvalue weighted by molar-refractivity contribution is 6.33. The topological polar surface area (TPSA) is 43.4 Å². The third-order valence-electron chi connectivity index (χ3n) is 1.53. The summed E-state index contributed by atoms with van der Waals surface area (Å²) in [7, 11) is 0. The van der Waals surface area contributed by atoms with E-state index in [2.05, 4.69) is 6.92 Å². The van der Waals surface area contributed by atoms with E-state index in [0.717, 1.165) is 19.3 Å². The fraction of sp³-hybridized carbons (Fsp3) is 0.778. The van der Waals surface area contributed by atoms with E-state index in [1.807, 2.05) is 0 Å². The second-order valence-electron chi connectivity index (χ2n) is 2.62. The van der Waals surface area contributed by atoms with E-state index < -0.39 is 11.8 Å². The lowest BCUT2D eigenvalue weighted by Gasteiger charge is -2.01. The van der Waals surface area contributed by atoms with Crippen LogP contribution in [0.5, 0.6) is 0 Å². The predicted octanol–water partition coefficient (Wildman–Crippen LogP) is 1.70. The molecule has 0 unspecified atom stereocenters. The summed E-state index contributed by atoms with van der Waals surface area (Å²) < 4.78 is 4.71. The third kappa shape index (κ3) is 4.88. The number of hydrogen-bond acceptors (Lipinski definition) is 3. The van der Waals surface area contributed by atoms with Crippen molar-refractivity contribution in [3.8, 4) is 0 Å². The fourth-order valence-electron chi connectivity index (χ4n) is 0.742. The molecule has 0 aliphatic heterocycles. The molecule has 3 heteroatoms. The van der Waals surface area contributed by atoms with E-state index in [-0.39, 0.29) is 6.42 Å². The van der Waals surface area contributed by atoms with Crippen LogP contribution >= 0.6 is 0 Å². The van der Waals surface area contributed by atoms with Crippen LogP contribution in [0.1, 0.15) is 39.5 Å². The number of unbranched alkanes of at least 4 members (excludes halogenated alkanes) is 2. The molecule has 3 nitrogen and oxygen atoms in total. The van der Waals surface area contributed by atoms with Crippen molar-refractivity contribution in [1.82, 2.24) is 0 Å². The molecule has 0 rings (SSSR count). The molecule has 70 valence electrons. The van der Waals surface area contributed by atoms with Crippen LogP contribution in [0.25, 0.3) is 0 Å². The molecule has 0 heterocycles. The van der Waals surface area contributed by atoms with E-state index >= 15 is 0 Å². The summed E-state index contributed by atoms with van der Waals surface area (Å²) in [5, 5.41) is 0. The van der Waals surface area contributed by atoms with Crippen LogP contribution in [-0.2, 0) is 14.3 Å². The second-order valence-corrected chi connectivity index (χ2v) is 2.62. The van der Waals surface area contributed by atoms with E-state index in [1.165, 1.54) is 0 Å². The van der Waals surface area contributed by atoms with Gasteiger partial charge in [0.05, 0.1) is 6.61 Å². The molecule has 12 heavy (non-hydrogen) atoms. The number of Topliss-reactive ketones (excluding diaryl/α,β-unsaturated/α-hetero) is 1. The summed E-state index contributed by atoms with van der Waals surface area (Å²) in [6, 6.07) is 0. The summed E-state index contributed by atoms with van der Waals surface area (Å²) >= 11 is 0. The van der Waals surface area contributed by atoms with E-state index in [1.54, 1.807) is 6.92 Å². The Balaban J connectivity index is 3.38. The van der Waals surface area contributed by atoms with Gasteiger partial charge >= 0.3 is 5.97 Å². The zero-order valence-electron chi connectivity index (χ0n) is 7.76. The second kappa shape index (κ2) is 6.83. The van der Waals surface area contributed by atoms with Gasteiger partial charge in [-0.05, 0) is 6.42 Å². The van der Waals surface area contributed by atoms with Gasteiger partial charge in [0.25, 0.3) is 0 Å². The maximum absolute atomic E-state index is 10.8. The largest absolute Gasteiger partial charge is 0.460 e. The molecule has 0 aliphatic carbocycles. The van der Waals surface area contributed by atoms with Crippen molar-refractivity contribution in [1.29, 1.82) is 0 Å². The maximum Gasteiger partial charge on any atom is 0.374 e. The van der Waals surface area contributed by atoms with Gasteiger partial charge in [-0.2, -0.15) is 0 Å². The van der Waals surface area contributed by atoms with Gasteiger partial charge < -0.3 is 4.74 Å². The molecule has 0 spiro atoms. The molecule has 0 N–H and O–H groups in total. The SMILES string of the molecule is CCCCCOC(=O)C(=O)CC. The molecule has 0 fully saturated rings. The van der Waals surface area contributed by atoms with E-state index in [4.69, 9.17) is 4.74 Å². The molecular weight excluding hydrogens is 156 g/mol. The van der Waals surface area contributed by atoms with Crippen molar-refractivity contribution < 1.29 is 14.3 Å². The Kier molecular flexibility index (Phi) is 6.34. The molecule has 0 aromatic heterocycles. The van der Waals surface area contributed by atoms with Gasteiger partial charge in [-0.3, -0.25) is 4.79 Å². The van der Waals surface area contributed by atoms with E-state index in [9.17, 15) is 9.59 Å². The molecule has 0 aromatic rings. The summed E-state index contributed by atoms with van der Waals surface area (Å²) in [6.07, 6.45) is 3.19. The maximum atomic E-state index is 10.8. The fourth-order valence-corrected chi connectivity index (χ4v) is 0.742. The average molecular weight is 172 g/mol. The summed E-state index contributed by atoms with van der Waals surface area (Å²) in [5.74, 6) is -1.12. The van der Waals surface area contributed by atoms with Crippen molar-refractivity contribution >= 4 is 11.8 Å². The molecule has 0 amide bonds. The van der Waals surface area contributed by atoms with Gasteiger partial charge in [-0.15, -0.1) is 0 Å². The predicted molar refractivity (Wildman–Crippen MR) is 45.8 cm³/mol. The van der Waals surface area contributed by atoms with Gasteiger partial charge in [0.1, 0.15) is 0 Å². The number of ether oxygens (including phenoxy) is 1. The first-order chi connectivity index (χ1) is 5.72. The van der Waals surface area contributed by atoms with Gasteiger partial charge in [-0.25, -0.2) is 4.79 Å². The number of carbonyl (C=O) groups is 2. The first-order valence-electron chi connectivity index (χ1n) is 4.42. The van der Waals surface area contributed by atoms with E-state index in [0.29, 0.717) is 6.61 Å². The minimum Gasteiger partial charge on any atom is -0.460 e. The zero-order chi connectivity index (χ0) is 9.40. The van der Waals surface area contributed by atoms with Crippen molar-refractivity contribution in [2.24, 2.45) is 0 Å². The Labute approximate surface area is 73.1 Å². The Bertz CT molecular complexity index is 152. The highest BCUT2D eigenvalue weighted by atomic mass is 16.5. The average Bonchev–Trinajstić information content (AvgIpc) is 2.10. The standard InChI is InChI=1S/C9H16O3/c1-3-5-6-7-12-9(11)8(10)4-2/h3-7H2,1-2H3. The van der Waals surface area contributed by atoms with Crippen LogP contribution in [0.3, 0.4) is 0 Å². The normalized spacial score (nSPS) is 9.50. The molecule has 0 aromatic carbocycles. The summed E-state index contributed by atoms with van der Waals surface area (Å²) in [6.45, 7) is 4.09. The van der Waals surface area contributed by atoms with Crippen molar-refractivity contribution in [3.63, 3.8) is 0 Å². The molecule has 0 saturated heterocycles. The smallest absolute Gasteiger partial charge is 0.374 e. The van der Waals surface area contributed by atoms with Crippen LogP contribution in [0, 0.1) is 0 Å². The lowest BCUT2D eigenvalue weighted by atomic mass is 10.3. The van der Waals surface area contributed by atoms with Gasteiger partial charge in [0, 0.05) is 6.42 Å². The monoisotopic (exact) mass is 172 g/mol. The Hall–Kier alpha value is -0.860. The van der Waals surface area contributed by atoms with Crippen molar-refractivity contribution in [3.05, 3.63) is 0 Å². The molecule has 0 radical (unpaired) electrons. The van der Waals surface area contributed by atoms with Gasteiger partial charge in [0.2, 0.25) is 5.78 Å². The highest BCUT2D eigenvalue weighted by Gasteiger charge is 2.11. The van der Waals surface area contributed by atoms with Crippen molar-refractivity contribution in [2.75, 3.05) is 6.61 Å². The minimum absolute atomic E-state index is 0.229. The number of ketones is 1. The molecule has 0 saturated carbocycles. The number of rotatable bonds is 6. The molecular formula is C9H16O3. The van der Waals surface area contributed by atoms with Crippen LogP contribution in [-0.4, -0.2) is 18.4 Å².